The third kappa shape index (κ3) is 4.99. The lowest BCUT2D eigenvalue weighted by Gasteiger charge is -2.22. The van der Waals surface area contributed by atoms with Gasteiger partial charge in [0.15, 0.2) is 9.84 Å². The quantitative estimate of drug-likeness (QED) is 0.676. The summed E-state index contributed by atoms with van der Waals surface area (Å²) in [5.74, 6) is 1.07. The van der Waals surface area contributed by atoms with E-state index in [1.807, 2.05) is 23.4 Å². The van der Waals surface area contributed by atoms with Crippen molar-refractivity contribution in [2.75, 3.05) is 31.6 Å². The van der Waals surface area contributed by atoms with Crippen molar-refractivity contribution in [3.05, 3.63) is 39.5 Å². The minimum absolute atomic E-state index is 0.00929. The summed E-state index contributed by atoms with van der Waals surface area (Å²) in [5.41, 5.74) is 3.27. The molecule has 0 unspecified atom stereocenters. The van der Waals surface area contributed by atoms with Gasteiger partial charge in [0, 0.05) is 31.0 Å². The number of sulfone groups is 1. The molecule has 9 heteroatoms. The van der Waals surface area contributed by atoms with Crippen molar-refractivity contribution in [3.63, 3.8) is 0 Å². The maximum atomic E-state index is 12.3. The molecule has 1 fully saturated rings. The number of thiophene rings is 1. The standard InChI is InChI=1S/C21H25ClN2O4S2/c1-24(17-4-7-30(26,27)13-17)5-2-20(25)23-11-18-9-16-8-15(14-3-6-29-12-14)10-19(22)21(16)28-18/h3,6,8,10,12,17-18H,2,4-5,7,9,11,13H2,1H3,(H,23,25)/t17-,18+/m1/s1. The lowest BCUT2D eigenvalue weighted by atomic mass is 10.0. The molecule has 4 rings (SSSR count). The molecule has 30 heavy (non-hydrogen) atoms. The van der Waals surface area contributed by atoms with Crippen molar-refractivity contribution in [2.24, 2.45) is 0 Å². The van der Waals surface area contributed by atoms with Crippen molar-refractivity contribution < 1.29 is 17.9 Å². The first-order chi connectivity index (χ1) is 14.3. The van der Waals surface area contributed by atoms with Crippen LogP contribution in [0.15, 0.2) is 29.0 Å². The van der Waals surface area contributed by atoms with E-state index in [-0.39, 0.29) is 29.6 Å². The number of nitrogens with one attached hydrogen (secondary N) is 1. The molecule has 0 bridgehead atoms. The monoisotopic (exact) mass is 468 g/mol. The number of amides is 1. The topological polar surface area (TPSA) is 75.7 Å². The van der Waals surface area contributed by atoms with Gasteiger partial charge in [0.2, 0.25) is 5.91 Å². The summed E-state index contributed by atoms with van der Waals surface area (Å²) in [6.07, 6.45) is 1.53. The number of rotatable bonds is 7. The lowest BCUT2D eigenvalue weighted by Crippen LogP contribution is -2.38. The van der Waals surface area contributed by atoms with Gasteiger partial charge >= 0.3 is 0 Å². The first kappa shape index (κ1) is 21.6. The van der Waals surface area contributed by atoms with E-state index >= 15 is 0 Å². The van der Waals surface area contributed by atoms with E-state index in [1.165, 1.54) is 0 Å². The Balaban J connectivity index is 1.25. The average Bonchev–Trinajstić information content (AvgIpc) is 3.43. The molecule has 3 heterocycles. The number of nitrogens with zero attached hydrogens (tertiary/aromatic N) is 1. The van der Waals surface area contributed by atoms with Gasteiger partial charge in [-0.05, 0) is 53.6 Å². The molecule has 2 atom stereocenters. The summed E-state index contributed by atoms with van der Waals surface area (Å²) in [5, 5.41) is 7.65. The van der Waals surface area contributed by atoms with Crippen molar-refractivity contribution in [3.8, 4) is 16.9 Å². The summed E-state index contributed by atoms with van der Waals surface area (Å²) in [6.45, 7) is 0.951. The summed E-state index contributed by atoms with van der Waals surface area (Å²) < 4.78 is 29.2. The maximum Gasteiger partial charge on any atom is 0.221 e. The van der Waals surface area contributed by atoms with E-state index in [1.54, 1.807) is 11.3 Å². The van der Waals surface area contributed by atoms with Crippen LogP contribution in [-0.4, -0.2) is 63.0 Å². The highest BCUT2D eigenvalue weighted by Gasteiger charge is 2.31. The largest absolute Gasteiger partial charge is 0.486 e. The number of benzene rings is 1. The van der Waals surface area contributed by atoms with E-state index in [4.69, 9.17) is 16.3 Å². The highest BCUT2D eigenvalue weighted by atomic mass is 35.5. The van der Waals surface area contributed by atoms with Gasteiger partial charge in [-0.3, -0.25) is 4.79 Å². The van der Waals surface area contributed by atoms with Gasteiger partial charge in [-0.25, -0.2) is 8.42 Å². The Morgan fingerprint density at radius 3 is 2.90 bits per heavy atom. The van der Waals surface area contributed by atoms with Crippen LogP contribution in [0, 0.1) is 0 Å². The minimum atomic E-state index is -2.92. The van der Waals surface area contributed by atoms with Crippen LogP contribution in [0.3, 0.4) is 0 Å². The van der Waals surface area contributed by atoms with E-state index in [0.717, 1.165) is 16.7 Å². The van der Waals surface area contributed by atoms with Crippen LogP contribution < -0.4 is 10.1 Å². The molecule has 0 radical (unpaired) electrons. The molecule has 162 valence electrons. The minimum Gasteiger partial charge on any atom is -0.486 e. The fourth-order valence-corrected chi connectivity index (χ4v) is 6.75. The van der Waals surface area contributed by atoms with E-state index in [9.17, 15) is 13.2 Å². The van der Waals surface area contributed by atoms with Crippen molar-refractivity contribution in [1.29, 1.82) is 0 Å². The Labute approximate surface area is 186 Å². The highest BCUT2D eigenvalue weighted by molar-refractivity contribution is 7.91. The number of hydrogen-bond donors (Lipinski definition) is 1. The molecule has 2 aliphatic heterocycles. The summed E-state index contributed by atoms with van der Waals surface area (Å²) in [4.78, 5) is 14.2. The van der Waals surface area contributed by atoms with Crippen LogP contribution in [0.5, 0.6) is 5.75 Å². The predicted octanol–water partition coefficient (Wildman–Crippen LogP) is 3.00. The zero-order valence-corrected chi connectivity index (χ0v) is 19.2. The molecule has 2 aromatic rings. The normalized spacial score (nSPS) is 22.1. The number of hydrogen-bond acceptors (Lipinski definition) is 6. The molecule has 1 saturated heterocycles. The first-order valence-corrected chi connectivity index (χ1v) is 13.1. The zero-order valence-electron chi connectivity index (χ0n) is 16.8. The Hall–Kier alpha value is -1.61. The second kappa shape index (κ2) is 8.86. The average molecular weight is 469 g/mol. The Bertz CT molecular complexity index is 1020. The SMILES string of the molecule is CN(CCC(=O)NC[C@@H]1Cc2cc(-c3ccsc3)cc(Cl)c2O1)[C@@H]1CCS(=O)(=O)C1. The summed E-state index contributed by atoms with van der Waals surface area (Å²) in [6, 6.07) is 6.10. The van der Waals surface area contributed by atoms with Gasteiger partial charge in [-0.2, -0.15) is 11.3 Å². The molecule has 1 N–H and O–H groups in total. The van der Waals surface area contributed by atoms with E-state index in [0.29, 0.717) is 43.1 Å². The van der Waals surface area contributed by atoms with Crippen molar-refractivity contribution in [1.82, 2.24) is 10.2 Å². The first-order valence-electron chi connectivity index (χ1n) is 10.00. The Morgan fingerprint density at radius 1 is 1.37 bits per heavy atom. The van der Waals surface area contributed by atoms with Crippen LogP contribution in [0.1, 0.15) is 18.4 Å². The third-order valence-electron chi connectivity index (χ3n) is 5.76. The Kier molecular flexibility index (Phi) is 6.39. The number of halogens is 1. The van der Waals surface area contributed by atoms with Crippen molar-refractivity contribution in [2.45, 2.75) is 31.4 Å². The molecule has 0 saturated carbocycles. The fourth-order valence-electron chi connectivity index (χ4n) is 4.00. The van der Waals surface area contributed by atoms with Gasteiger partial charge in [0.05, 0.1) is 23.1 Å². The van der Waals surface area contributed by atoms with Gasteiger partial charge in [-0.15, -0.1) is 0 Å². The number of fused-ring (bicyclic) bond motifs is 1. The molecule has 0 spiro atoms. The van der Waals surface area contributed by atoms with Gasteiger partial charge in [0.1, 0.15) is 11.9 Å². The van der Waals surface area contributed by atoms with Crippen LogP contribution in [-0.2, 0) is 21.1 Å². The van der Waals surface area contributed by atoms with Gasteiger partial charge < -0.3 is 15.0 Å². The molecular weight excluding hydrogens is 444 g/mol. The molecule has 1 amide bonds. The van der Waals surface area contributed by atoms with Crippen LogP contribution in [0.2, 0.25) is 5.02 Å². The zero-order chi connectivity index (χ0) is 21.3. The molecule has 0 aliphatic carbocycles. The molecule has 1 aromatic heterocycles. The fraction of sp³-hybridized carbons (Fsp3) is 0.476. The second-order valence-electron chi connectivity index (χ2n) is 7.99. The second-order valence-corrected chi connectivity index (χ2v) is 11.4. The Morgan fingerprint density at radius 2 is 2.20 bits per heavy atom. The third-order valence-corrected chi connectivity index (χ3v) is 8.47. The van der Waals surface area contributed by atoms with E-state index in [2.05, 4.69) is 22.8 Å². The van der Waals surface area contributed by atoms with Crippen molar-refractivity contribution >= 4 is 38.7 Å². The van der Waals surface area contributed by atoms with Gasteiger partial charge in [0.25, 0.3) is 0 Å². The maximum absolute atomic E-state index is 12.3. The van der Waals surface area contributed by atoms with Gasteiger partial charge in [-0.1, -0.05) is 11.6 Å². The summed E-state index contributed by atoms with van der Waals surface area (Å²) in [7, 11) is -1.04. The highest BCUT2D eigenvalue weighted by Crippen LogP contribution is 2.39. The van der Waals surface area contributed by atoms with Crippen LogP contribution in [0.25, 0.3) is 11.1 Å². The lowest BCUT2D eigenvalue weighted by molar-refractivity contribution is -0.121. The molecule has 6 nitrogen and oxygen atoms in total. The van der Waals surface area contributed by atoms with Crippen LogP contribution >= 0.6 is 22.9 Å². The number of carbonyl (C=O) groups excluding carboxylic acids is 1. The molecule has 2 aliphatic rings. The molecule has 1 aromatic carbocycles. The summed E-state index contributed by atoms with van der Waals surface area (Å²) >= 11 is 8.07. The smallest absolute Gasteiger partial charge is 0.221 e. The number of carbonyl (C=O) groups is 1. The van der Waals surface area contributed by atoms with Crippen LogP contribution in [0.4, 0.5) is 0 Å². The molecular formula is C21H25ClN2O4S2. The van der Waals surface area contributed by atoms with E-state index < -0.39 is 9.84 Å². The predicted molar refractivity (Wildman–Crippen MR) is 120 cm³/mol. The number of ether oxygens (including phenoxy) is 1.